The van der Waals surface area contributed by atoms with Crippen LogP contribution in [-0.4, -0.2) is 12.5 Å². The molecule has 0 aliphatic rings. The van der Waals surface area contributed by atoms with Crippen LogP contribution in [0.5, 0.6) is 0 Å². The van der Waals surface area contributed by atoms with Gasteiger partial charge in [-0.3, -0.25) is 4.79 Å². The lowest BCUT2D eigenvalue weighted by Crippen LogP contribution is -2.26. The Bertz CT molecular complexity index is 439. The minimum Gasteiger partial charge on any atom is -0.330 e. The predicted octanol–water partition coefficient (Wildman–Crippen LogP) is 1.85. The maximum absolute atomic E-state index is 11.6. The Morgan fingerprint density at radius 3 is 2.88 bits per heavy atom. The van der Waals surface area contributed by atoms with E-state index in [-0.39, 0.29) is 11.8 Å². The largest absolute Gasteiger partial charge is 0.330 e. The number of nitriles is 1. The summed E-state index contributed by atoms with van der Waals surface area (Å²) in [5.41, 5.74) is 6.58. The summed E-state index contributed by atoms with van der Waals surface area (Å²) >= 11 is 3.29. The van der Waals surface area contributed by atoms with E-state index >= 15 is 0 Å². The number of halogens is 1. The van der Waals surface area contributed by atoms with E-state index in [1.165, 1.54) is 0 Å². The van der Waals surface area contributed by atoms with Gasteiger partial charge in [-0.05, 0) is 34.1 Å². The second-order valence-corrected chi connectivity index (χ2v) is 4.29. The number of nitrogens with zero attached hydrogens (tertiary/aromatic N) is 1. The molecule has 1 amide bonds. The molecule has 1 aromatic rings. The SMILES string of the molecule is CC(CN)C(=O)Nc1ccc(C#N)cc1Br. The van der Waals surface area contributed by atoms with Crippen LogP contribution in [0.2, 0.25) is 0 Å². The molecule has 5 heteroatoms. The zero-order chi connectivity index (χ0) is 12.1. The number of anilines is 1. The summed E-state index contributed by atoms with van der Waals surface area (Å²) in [5, 5.41) is 11.4. The highest BCUT2D eigenvalue weighted by Gasteiger charge is 2.12. The Kier molecular flexibility index (Phi) is 4.47. The second kappa shape index (κ2) is 5.64. The van der Waals surface area contributed by atoms with Crippen LogP contribution in [0.25, 0.3) is 0 Å². The number of hydrogen-bond acceptors (Lipinski definition) is 3. The van der Waals surface area contributed by atoms with Crippen molar-refractivity contribution in [2.45, 2.75) is 6.92 Å². The first-order chi connectivity index (χ1) is 7.58. The zero-order valence-electron chi connectivity index (χ0n) is 8.83. The average molecular weight is 282 g/mol. The molecule has 0 bridgehead atoms. The van der Waals surface area contributed by atoms with E-state index < -0.39 is 0 Å². The third kappa shape index (κ3) is 3.05. The molecule has 0 fully saturated rings. The number of carbonyl (C=O) groups is 1. The van der Waals surface area contributed by atoms with E-state index in [0.29, 0.717) is 22.3 Å². The normalized spacial score (nSPS) is 11.6. The molecule has 1 atom stereocenters. The van der Waals surface area contributed by atoms with Crippen LogP contribution in [0.1, 0.15) is 12.5 Å². The van der Waals surface area contributed by atoms with Crippen LogP contribution in [0, 0.1) is 17.2 Å². The molecule has 1 rings (SSSR count). The van der Waals surface area contributed by atoms with Gasteiger partial charge < -0.3 is 11.1 Å². The van der Waals surface area contributed by atoms with Crippen molar-refractivity contribution in [1.29, 1.82) is 5.26 Å². The van der Waals surface area contributed by atoms with Gasteiger partial charge in [0.25, 0.3) is 0 Å². The van der Waals surface area contributed by atoms with Crippen molar-refractivity contribution in [3.8, 4) is 6.07 Å². The molecule has 0 saturated heterocycles. The molecule has 0 saturated carbocycles. The highest BCUT2D eigenvalue weighted by atomic mass is 79.9. The number of carbonyl (C=O) groups excluding carboxylic acids is 1. The fourth-order valence-corrected chi connectivity index (χ4v) is 1.53. The third-order valence-electron chi connectivity index (χ3n) is 2.16. The van der Waals surface area contributed by atoms with Crippen molar-refractivity contribution in [3.05, 3.63) is 28.2 Å². The van der Waals surface area contributed by atoms with E-state index in [4.69, 9.17) is 11.0 Å². The Morgan fingerprint density at radius 2 is 2.38 bits per heavy atom. The topological polar surface area (TPSA) is 78.9 Å². The molecule has 1 aromatic carbocycles. The first-order valence-corrected chi connectivity index (χ1v) is 5.58. The maximum atomic E-state index is 11.6. The van der Waals surface area contributed by atoms with Crippen molar-refractivity contribution >= 4 is 27.5 Å². The molecule has 3 N–H and O–H groups in total. The van der Waals surface area contributed by atoms with Gasteiger partial charge in [-0.25, -0.2) is 0 Å². The van der Waals surface area contributed by atoms with Crippen molar-refractivity contribution < 1.29 is 4.79 Å². The third-order valence-corrected chi connectivity index (χ3v) is 2.81. The average Bonchev–Trinajstić information content (AvgIpc) is 2.30. The fourth-order valence-electron chi connectivity index (χ4n) is 1.05. The van der Waals surface area contributed by atoms with Crippen molar-refractivity contribution in [3.63, 3.8) is 0 Å². The van der Waals surface area contributed by atoms with E-state index in [2.05, 4.69) is 21.2 Å². The van der Waals surface area contributed by atoms with E-state index in [1.807, 2.05) is 6.07 Å². The Hall–Kier alpha value is -1.38. The molecule has 0 aliphatic heterocycles. The lowest BCUT2D eigenvalue weighted by atomic mass is 10.1. The van der Waals surface area contributed by atoms with Crippen LogP contribution >= 0.6 is 15.9 Å². The lowest BCUT2D eigenvalue weighted by Gasteiger charge is -2.11. The molecule has 0 heterocycles. The summed E-state index contributed by atoms with van der Waals surface area (Å²) in [4.78, 5) is 11.6. The highest BCUT2D eigenvalue weighted by Crippen LogP contribution is 2.23. The molecule has 0 spiro atoms. The first kappa shape index (κ1) is 12.7. The number of amides is 1. The molecule has 84 valence electrons. The van der Waals surface area contributed by atoms with Crippen molar-refractivity contribution in [1.82, 2.24) is 0 Å². The summed E-state index contributed by atoms with van der Waals surface area (Å²) in [6, 6.07) is 7.01. The summed E-state index contributed by atoms with van der Waals surface area (Å²) in [6.07, 6.45) is 0. The van der Waals surface area contributed by atoms with Gasteiger partial charge in [-0.1, -0.05) is 6.92 Å². The molecule has 0 radical (unpaired) electrons. The fraction of sp³-hybridized carbons (Fsp3) is 0.273. The molecule has 4 nitrogen and oxygen atoms in total. The van der Waals surface area contributed by atoms with Gasteiger partial charge in [0.1, 0.15) is 0 Å². The molecular formula is C11H12BrN3O. The zero-order valence-corrected chi connectivity index (χ0v) is 10.4. The van der Waals surface area contributed by atoms with Gasteiger partial charge in [0, 0.05) is 16.9 Å². The molecular weight excluding hydrogens is 270 g/mol. The van der Waals surface area contributed by atoms with Gasteiger partial charge >= 0.3 is 0 Å². The van der Waals surface area contributed by atoms with Crippen LogP contribution in [-0.2, 0) is 4.79 Å². The van der Waals surface area contributed by atoms with E-state index in [9.17, 15) is 4.79 Å². The number of benzene rings is 1. The van der Waals surface area contributed by atoms with E-state index in [0.717, 1.165) is 0 Å². The van der Waals surface area contributed by atoms with Crippen LogP contribution in [0.4, 0.5) is 5.69 Å². The summed E-state index contributed by atoms with van der Waals surface area (Å²) in [5.74, 6) is -0.365. The summed E-state index contributed by atoms with van der Waals surface area (Å²) < 4.78 is 0.684. The van der Waals surface area contributed by atoms with Gasteiger partial charge in [-0.15, -0.1) is 0 Å². The minimum absolute atomic E-state index is 0.132. The highest BCUT2D eigenvalue weighted by molar-refractivity contribution is 9.10. The summed E-state index contributed by atoms with van der Waals surface area (Å²) in [6.45, 7) is 2.06. The molecule has 0 aromatic heterocycles. The van der Waals surface area contributed by atoms with Crippen LogP contribution in [0.15, 0.2) is 22.7 Å². The standard InChI is InChI=1S/C11H12BrN3O/c1-7(5-13)11(16)15-10-3-2-8(6-14)4-9(10)12/h2-4,7H,5,13H2,1H3,(H,15,16). The smallest absolute Gasteiger partial charge is 0.228 e. The van der Waals surface area contributed by atoms with Crippen molar-refractivity contribution in [2.75, 3.05) is 11.9 Å². The Morgan fingerprint density at radius 1 is 1.69 bits per heavy atom. The molecule has 1 unspecified atom stereocenters. The lowest BCUT2D eigenvalue weighted by molar-refractivity contribution is -0.119. The van der Waals surface area contributed by atoms with Crippen LogP contribution in [0.3, 0.4) is 0 Å². The molecule has 16 heavy (non-hydrogen) atoms. The summed E-state index contributed by atoms with van der Waals surface area (Å²) in [7, 11) is 0. The van der Waals surface area contributed by atoms with Gasteiger partial charge in [0.15, 0.2) is 0 Å². The first-order valence-electron chi connectivity index (χ1n) is 4.79. The van der Waals surface area contributed by atoms with Gasteiger partial charge in [0.2, 0.25) is 5.91 Å². The maximum Gasteiger partial charge on any atom is 0.228 e. The van der Waals surface area contributed by atoms with Gasteiger partial charge in [-0.2, -0.15) is 5.26 Å². The number of rotatable bonds is 3. The quantitative estimate of drug-likeness (QED) is 0.888. The second-order valence-electron chi connectivity index (χ2n) is 3.43. The van der Waals surface area contributed by atoms with Crippen molar-refractivity contribution in [2.24, 2.45) is 11.7 Å². The van der Waals surface area contributed by atoms with E-state index in [1.54, 1.807) is 25.1 Å². The predicted molar refractivity (Wildman–Crippen MR) is 65.7 cm³/mol. The monoisotopic (exact) mass is 281 g/mol. The number of nitrogens with one attached hydrogen (secondary N) is 1. The number of hydrogen-bond donors (Lipinski definition) is 2. The molecule has 0 aliphatic carbocycles. The Balaban J connectivity index is 2.83. The Labute approximate surface area is 103 Å². The van der Waals surface area contributed by atoms with Crippen LogP contribution < -0.4 is 11.1 Å². The number of nitrogens with two attached hydrogens (primary N) is 1. The minimum atomic E-state index is -0.234. The van der Waals surface area contributed by atoms with Gasteiger partial charge in [0.05, 0.1) is 17.3 Å².